The minimum atomic E-state index is -0.951. The van der Waals surface area contributed by atoms with Crippen LogP contribution >= 0.6 is 0 Å². The van der Waals surface area contributed by atoms with Crippen LogP contribution in [-0.2, 0) is 14.3 Å². The number of carboxylic acids is 1. The molecule has 0 bridgehead atoms. The van der Waals surface area contributed by atoms with E-state index in [4.69, 9.17) is 10.5 Å². The topological polar surface area (TPSA) is 89.6 Å². The van der Waals surface area contributed by atoms with Gasteiger partial charge < -0.3 is 15.6 Å². The van der Waals surface area contributed by atoms with Gasteiger partial charge >= 0.3 is 11.9 Å². The van der Waals surface area contributed by atoms with Crippen molar-refractivity contribution in [3.63, 3.8) is 0 Å². The lowest BCUT2D eigenvalue weighted by Gasteiger charge is -2.35. The van der Waals surface area contributed by atoms with E-state index in [0.717, 1.165) is 0 Å². The van der Waals surface area contributed by atoms with E-state index in [-0.39, 0.29) is 24.5 Å². The Labute approximate surface area is 115 Å². The van der Waals surface area contributed by atoms with E-state index in [1.807, 2.05) is 27.7 Å². The van der Waals surface area contributed by atoms with Gasteiger partial charge in [0.2, 0.25) is 0 Å². The fourth-order valence-corrected chi connectivity index (χ4v) is 2.09. The molecule has 3 unspecified atom stereocenters. The van der Waals surface area contributed by atoms with Gasteiger partial charge in [-0.1, -0.05) is 34.6 Å². The van der Waals surface area contributed by atoms with Crippen LogP contribution in [0.5, 0.6) is 0 Å². The molecule has 0 amide bonds. The van der Waals surface area contributed by atoms with Crippen LogP contribution in [0.1, 0.15) is 41.0 Å². The molecular formula is C14H27NO4. The summed E-state index contributed by atoms with van der Waals surface area (Å²) < 4.78 is 5.08. The van der Waals surface area contributed by atoms with Gasteiger partial charge in [-0.2, -0.15) is 0 Å². The zero-order chi connectivity index (χ0) is 15.2. The van der Waals surface area contributed by atoms with Crippen LogP contribution in [-0.4, -0.2) is 30.2 Å². The minimum absolute atomic E-state index is 0.0983. The van der Waals surface area contributed by atoms with Gasteiger partial charge in [0, 0.05) is 6.54 Å². The second-order valence-electron chi connectivity index (χ2n) is 5.99. The number of esters is 1. The summed E-state index contributed by atoms with van der Waals surface area (Å²) in [6.07, 6.45) is 0.401. The summed E-state index contributed by atoms with van der Waals surface area (Å²) in [7, 11) is 0. The van der Waals surface area contributed by atoms with Crippen molar-refractivity contribution in [3.05, 3.63) is 0 Å². The highest BCUT2D eigenvalue weighted by Crippen LogP contribution is 2.37. The van der Waals surface area contributed by atoms with Crippen LogP contribution in [0, 0.1) is 23.2 Å². The first-order chi connectivity index (χ1) is 8.66. The number of hydrogen-bond donors (Lipinski definition) is 2. The lowest BCUT2D eigenvalue weighted by atomic mass is 9.69. The number of carbonyl (C=O) groups excluding carboxylic acids is 1. The average molecular weight is 273 g/mol. The molecule has 19 heavy (non-hydrogen) atoms. The third-order valence-electron chi connectivity index (χ3n) is 3.73. The second-order valence-corrected chi connectivity index (χ2v) is 5.99. The van der Waals surface area contributed by atoms with Crippen molar-refractivity contribution < 1.29 is 19.4 Å². The van der Waals surface area contributed by atoms with E-state index in [1.165, 1.54) is 0 Å². The van der Waals surface area contributed by atoms with Crippen molar-refractivity contribution in [2.45, 2.75) is 41.0 Å². The first kappa shape index (κ1) is 17.9. The van der Waals surface area contributed by atoms with Crippen LogP contribution in [0.25, 0.3) is 0 Å². The summed E-state index contributed by atoms with van der Waals surface area (Å²) >= 11 is 0. The van der Waals surface area contributed by atoms with E-state index < -0.39 is 23.8 Å². The lowest BCUT2D eigenvalue weighted by Crippen LogP contribution is -2.40. The number of carbonyl (C=O) groups is 2. The Kier molecular flexibility index (Phi) is 7.05. The Morgan fingerprint density at radius 3 is 2.16 bits per heavy atom. The molecule has 0 aromatic carbocycles. The van der Waals surface area contributed by atoms with Crippen LogP contribution in [0.15, 0.2) is 0 Å². The summed E-state index contributed by atoms with van der Waals surface area (Å²) in [5, 5.41) is 9.30. The Bertz CT molecular complexity index is 309. The van der Waals surface area contributed by atoms with Crippen LogP contribution in [0.2, 0.25) is 0 Å². The quantitative estimate of drug-likeness (QED) is 0.691. The molecule has 3 atom stereocenters. The zero-order valence-electron chi connectivity index (χ0n) is 12.6. The molecule has 0 heterocycles. The van der Waals surface area contributed by atoms with Gasteiger partial charge in [0.25, 0.3) is 0 Å². The molecule has 5 heteroatoms. The standard InChI is InChI=1S/C14H27NO4/c1-6-10(12(16)17)11(9(2)14(3,4)5)13(18)19-8-7-15/h9-11H,6-8,15H2,1-5H3,(H,16,17). The number of ether oxygens (including phenoxy) is 1. The Morgan fingerprint density at radius 1 is 1.32 bits per heavy atom. The summed E-state index contributed by atoms with van der Waals surface area (Å²) in [4.78, 5) is 23.5. The highest BCUT2D eigenvalue weighted by Gasteiger charge is 2.42. The monoisotopic (exact) mass is 273 g/mol. The number of aliphatic carboxylic acids is 1. The largest absolute Gasteiger partial charge is 0.481 e. The Hall–Kier alpha value is -1.10. The predicted molar refractivity (Wildman–Crippen MR) is 73.5 cm³/mol. The summed E-state index contributed by atoms with van der Waals surface area (Å²) in [5.74, 6) is -2.87. The maximum atomic E-state index is 12.2. The summed E-state index contributed by atoms with van der Waals surface area (Å²) in [5.41, 5.74) is 5.14. The molecule has 0 aromatic rings. The van der Waals surface area contributed by atoms with E-state index in [2.05, 4.69) is 0 Å². The Morgan fingerprint density at radius 2 is 1.84 bits per heavy atom. The summed E-state index contributed by atoms with van der Waals surface area (Å²) in [6, 6.07) is 0. The molecule has 0 radical (unpaired) electrons. The fraction of sp³-hybridized carbons (Fsp3) is 0.857. The third-order valence-corrected chi connectivity index (χ3v) is 3.73. The van der Waals surface area contributed by atoms with Crippen molar-refractivity contribution >= 4 is 11.9 Å². The molecule has 5 nitrogen and oxygen atoms in total. The van der Waals surface area contributed by atoms with E-state index in [1.54, 1.807) is 6.92 Å². The molecule has 112 valence electrons. The first-order valence-corrected chi connectivity index (χ1v) is 6.76. The van der Waals surface area contributed by atoms with Crippen molar-refractivity contribution in [2.75, 3.05) is 13.2 Å². The highest BCUT2D eigenvalue weighted by molar-refractivity contribution is 5.81. The van der Waals surface area contributed by atoms with Crippen LogP contribution < -0.4 is 5.73 Å². The van der Waals surface area contributed by atoms with Gasteiger partial charge in [-0.25, -0.2) is 0 Å². The molecule has 3 N–H and O–H groups in total. The zero-order valence-corrected chi connectivity index (χ0v) is 12.6. The maximum absolute atomic E-state index is 12.2. The van der Waals surface area contributed by atoms with Crippen LogP contribution in [0.3, 0.4) is 0 Å². The molecule has 0 aliphatic rings. The number of carboxylic acid groups (broad SMARTS) is 1. The number of nitrogens with two attached hydrogens (primary N) is 1. The second kappa shape index (κ2) is 7.48. The van der Waals surface area contributed by atoms with Gasteiger partial charge in [0.15, 0.2) is 0 Å². The van der Waals surface area contributed by atoms with E-state index in [9.17, 15) is 14.7 Å². The van der Waals surface area contributed by atoms with Gasteiger partial charge in [-0.05, 0) is 17.8 Å². The molecule has 0 saturated heterocycles. The van der Waals surface area contributed by atoms with E-state index in [0.29, 0.717) is 6.42 Å². The first-order valence-electron chi connectivity index (χ1n) is 6.76. The van der Waals surface area contributed by atoms with Crippen molar-refractivity contribution in [3.8, 4) is 0 Å². The lowest BCUT2D eigenvalue weighted by molar-refractivity contribution is -0.162. The molecule has 0 saturated carbocycles. The van der Waals surface area contributed by atoms with Gasteiger partial charge in [-0.15, -0.1) is 0 Å². The maximum Gasteiger partial charge on any atom is 0.310 e. The molecule has 0 fully saturated rings. The highest BCUT2D eigenvalue weighted by atomic mass is 16.5. The van der Waals surface area contributed by atoms with Gasteiger partial charge in [0.1, 0.15) is 6.61 Å². The van der Waals surface area contributed by atoms with Crippen molar-refractivity contribution in [2.24, 2.45) is 28.9 Å². The molecule has 0 aliphatic carbocycles. The number of rotatable bonds is 7. The number of hydrogen-bond acceptors (Lipinski definition) is 4. The predicted octanol–water partition coefficient (Wildman–Crippen LogP) is 1.90. The fourth-order valence-electron chi connectivity index (χ4n) is 2.09. The minimum Gasteiger partial charge on any atom is -0.481 e. The normalized spacial score (nSPS) is 16.5. The molecular weight excluding hydrogens is 246 g/mol. The molecule has 0 spiro atoms. The van der Waals surface area contributed by atoms with Gasteiger partial charge in [0.05, 0.1) is 11.8 Å². The molecule has 0 aromatic heterocycles. The third kappa shape index (κ3) is 5.19. The smallest absolute Gasteiger partial charge is 0.310 e. The molecule has 0 aliphatic heterocycles. The summed E-state index contributed by atoms with van der Waals surface area (Å²) in [6.45, 7) is 10.0. The SMILES string of the molecule is CCC(C(=O)O)C(C(=O)OCCN)C(C)C(C)(C)C. The Balaban J connectivity index is 5.23. The van der Waals surface area contributed by atoms with Crippen LogP contribution in [0.4, 0.5) is 0 Å². The van der Waals surface area contributed by atoms with Gasteiger partial charge in [-0.3, -0.25) is 9.59 Å². The van der Waals surface area contributed by atoms with Crippen molar-refractivity contribution in [1.29, 1.82) is 0 Å². The average Bonchev–Trinajstić information content (AvgIpc) is 2.30. The van der Waals surface area contributed by atoms with Crippen molar-refractivity contribution in [1.82, 2.24) is 0 Å². The van der Waals surface area contributed by atoms with E-state index >= 15 is 0 Å². The molecule has 0 rings (SSSR count).